The van der Waals surface area contributed by atoms with Crippen LogP contribution in [0.2, 0.25) is 0 Å². The number of oxazole rings is 1. The number of piperidine rings is 1. The van der Waals surface area contributed by atoms with Crippen molar-refractivity contribution in [2.24, 2.45) is 5.92 Å². The first-order chi connectivity index (χ1) is 14.1. The minimum absolute atomic E-state index is 0.0285. The molecule has 1 aliphatic heterocycles. The summed E-state index contributed by atoms with van der Waals surface area (Å²) in [6.07, 6.45) is 2.61. The van der Waals surface area contributed by atoms with Crippen molar-refractivity contribution in [1.29, 1.82) is 0 Å². The highest BCUT2D eigenvalue weighted by atomic mass is 32.2. The van der Waals surface area contributed by atoms with Gasteiger partial charge in [0.05, 0.1) is 10.4 Å². The van der Waals surface area contributed by atoms with E-state index >= 15 is 0 Å². The van der Waals surface area contributed by atoms with Gasteiger partial charge in [0.25, 0.3) is 0 Å². The summed E-state index contributed by atoms with van der Waals surface area (Å²) in [6.45, 7) is 8.48. The molecule has 0 spiro atoms. The molecule has 8 nitrogen and oxygen atoms in total. The molecule has 1 aliphatic rings. The van der Waals surface area contributed by atoms with Crippen molar-refractivity contribution < 1.29 is 17.6 Å². The summed E-state index contributed by atoms with van der Waals surface area (Å²) in [5, 5.41) is 2.97. The van der Waals surface area contributed by atoms with Crippen molar-refractivity contribution in [3.8, 4) is 0 Å². The molecule has 1 amide bonds. The maximum absolute atomic E-state index is 13.1. The summed E-state index contributed by atoms with van der Waals surface area (Å²) in [6, 6.07) is 4.64. The second-order valence-corrected chi connectivity index (χ2v) is 10.3. The molecule has 0 saturated carbocycles. The molecule has 9 heteroatoms. The van der Waals surface area contributed by atoms with Crippen molar-refractivity contribution >= 4 is 27.0 Å². The van der Waals surface area contributed by atoms with Crippen LogP contribution in [0.3, 0.4) is 0 Å². The van der Waals surface area contributed by atoms with Crippen molar-refractivity contribution in [1.82, 2.24) is 14.2 Å². The van der Waals surface area contributed by atoms with Crippen LogP contribution in [-0.4, -0.2) is 42.3 Å². The number of carbonyl (C=O) groups is 1. The van der Waals surface area contributed by atoms with Gasteiger partial charge in [-0.15, -0.1) is 0 Å². The maximum atomic E-state index is 13.1. The van der Waals surface area contributed by atoms with Crippen molar-refractivity contribution in [2.45, 2.75) is 70.4 Å². The number of aromatic nitrogens is 1. The molecular weight excluding hydrogens is 406 g/mol. The molecule has 1 aromatic heterocycles. The van der Waals surface area contributed by atoms with E-state index in [2.05, 4.69) is 5.32 Å². The number of hydrogen-bond donors (Lipinski definition) is 1. The predicted octanol–water partition coefficient (Wildman–Crippen LogP) is 2.88. The second kappa shape index (κ2) is 8.93. The zero-order valence-electron chi connectivity index (χ0n) is 18.1. The molecule has 3 rings (SSSR count). The summed E-state index contributed by atoms with van der Waals surface area (Å²) in [5.41, 5.74) is 0.853. The largest absolute Gasteiger partial charge is 0.420 e. The Morgan fingerprint density at radius 3 is 2.50 bits per heavy atom. The standard InChI is InChI=1S/C21H31N3O5S/c1-5-15(4)22-20(25)12-16-8-10-23(11-9-16)30(27,28)17-6-7-18-19(13-17)29-21(26)24(18)14(2)3/h6-7,13-16H,5,8-12H2,1-4H3,(H,22,25). The van der Waals surface area contributed by atoms with Crippen LogP contribution >= 0.6 is 0 Å². The Labute approximate surface area is 177 Å². The van der Waals surface area contributed by atoms with Crippen LogP contribution in [0.15, 0.2) is 32.3 Å². The Bertz CT molecular complexity index is 1060. The van der Waals surface area contributed by atoms with E-state index < -0.39 is 15.8 Å². The van der Waals surface area contributed by atoms with Gasteiger partial charge >= 0.3 is 5.76 Å². The van der Waals surface area contributed by atoms with E-state index in [0.29, 0.717) is 37.9 Å². The van der Waals surface area contributed by atoms with E-state index in [9.17, 15) is 18.0 Å². The van der Waals surface area contributed by atoms with Crippen molar-refractivity contribution in [3.05, 3.63) is 28.7 Å². The highest BCUT2D eigenvalue weighted by Crippen LogP contribution is 2.28. The fraction of sp³-hybridized carbons (Fsp3) is 0.619. The van der Waals surface area contributed by atoms with Gasteiger partial charge in [-0.05, 0) is 58.1 Å². The van der Waals surface area contributed by atoms with E-state index in [1.54, 1.807) is 6.07 Å². The lowest BCUT2D eigenvalue weighted by molar-refractivity contribution is -0.122. The summed E-state index contributed by atoms with van der Waals surface area (Å²) in [4.78, 5) is 24.3. The lowest BCUT2D eigenvalue weighted by Crippen LogP contribution is -2.40. The second-order valence-electron chi connectivity index (χ2n) is 8.39. The average Bonchev–Trinajstić information content (AvgIpc) is 3.03. The predicted molar refractivity (Wildman–Crippen MR) is 115 cm³/mol. The SMILES string of the molecule is CCC(C)NC(=O)CC1CCN(S(=O)(=O)c2ccc3c(c2)oc(=O)n3C(C)C)CC1. The van der Waals surface area contributed by atoms with Gasteiger partial charge in [-0.3, -0.25) is 9.36 Å². The lowest BCUT2D eigenvalue weighted by atomic mass is 9.94. The molecule has 2 aromatic rings. The maximum Gasteiger partial charge on any atom is 0.420 e. The molecule has 0 radical (unpaired) electrons. The van der Waals surface area contributed by atoms with Gasteiger partial charge in [-0.2, -0.15) is 4.31 Å². The third kappa shape index (κ3) is 4.62. The van der Waals surface area contributed by atoms with E-state index in [4.69, 9.17) is 4.42 Å². The Hall–Kier alpha value is -2.13. The Morgan fingerprint density at radius 1 is 1.23 bits per heavy atom. The number of nitrogens with zero attached hydrogens (tertiary/aromatic N) is 2. The van der Waals surface area contributed by atoms with Crippen LogP contribution in [-0.2, 0) is 14.8 Å². The molecule has 1 saturated heterocycles. The van der Waals surface area contributed by atoms with Crippen LogP contribution in [0.4, 0.5) is 0 Å². The number of rotatable bonds is 7. The molecule has 1 fully saturated rings. The van der Waals surface area contributed by atoms with Gasteiger partial charge < -0.3 is 9.73 Å². The minimum Gasteiger partial charge on any atom is -0.408 e. The smallest absolute Gasteiger partial charge is 0.408 e. The third-order valence-corrected chi connectivity index (χ3v) is 7.70. The molecule has 166 valence electrons. The van der Waals surface area contributed by atoms with Crippen LogP contribution < -0.4 is 11.1 Å². The number of hydrogen-bond acceptors (Lipinski definition) is 5. The fourth-order valence-corrected chi connectivity index (χ4v) is 5.35. The molecule has 1 N–H and O–H groups in total. The van der Waals surface area contributed by atoms with Gasteiger partial charge in [0.2, 0.25) is 15.9 Å². The van der Waals surface area contributed by atoms with Crippen LogP contribution in [0.1, 0.15) is 59.4 Å². The van der Waals surface area contributed by atoms with Gasteiger partial charge in [0.15, 0.2) is 5.58 Å². The molecule has 2 heterocycles. The zero-order valence-corrected chi connectivity index (χ0v) is 18.9. The number of nitrogens with one attached hydrogen (secondary N) is 1. The first-order valence-electron chi connectivity index (χ1n) is 10.6. The summed E-state index contributed by atoms with van der Waals surface area (Å²) in [7, 11) is -3.69. The van der Waals surface area contributed by atoms with Gasteiger partial charge in [0.1, 0.15) is 0 Å². The van der Waals surface area contributed by atoms with Gasteiger partial charge in [-0.25, -0.2) is 13.2 Å². The van der Waals surface area contributed by atoms with Crippen LogP contribution in [0.5, 0.6) is 0 Å². The normalized spacial score (nSPS) is 17.5. The summed E-state index contributed by atoms with van der Waals surface area (Å²) in [5.74, 6) is -0.284. The molecule has 0 bridgehead atoms. The number of benzene rings is 1. The zero-order chi connectivity index (χ0) is 22.1. The van der Waals surface area contributed by atoms with E-state index in [1.165, 1.54) is 21.0 Å². The monoisotopic (exact) mass is 437 g/mol. The highest BCUT2D eigenvalue weighted by Gasteiger charge is 2.31. The first kappa shape index (κ1) is 22.6. The molecule has 1 atom stereocenters. The topological polar surface area (TPSA) is 102 Å². The van der Waals surface area contributed by atoms with E-state index in [1.807, 2.05) is 27.7 Å². The Kier molecular flexibility index (Phi) is 6.71. The molecule has 1 unspecified atom stereocenters. The number of carbonyl (C=O) groups excluding carboxylic acids is 1. The van der Waals surface area contributed by atoms with Crippen molar-refractivity contribution in [2.75, 3.05) is 13.1 Å². The minimum atomic E-state index is -3.69. The van der Waals surface area contributed by atoms with E-state index in [-0.39, 0.29) is 34.4 Å². The van der Waals surface area contributed by atoms with Gasteiger partial charge in [0, 0.05) is 37.7 Å². The molecule has 1 aromatic carbocycles. The molecule has 0 aliphatic carbocycles. The Balaban J connectivity index is 1.70. The molecule has 30 heavy (non-hydrogen) atoms. The van der Waals surface area contributed by atoms with Crippen LogP contribution in [0, 0.1) is 5.92 Å². The summed E-state index contributed by atoms with van der Waals surface area (Å²) >= 11 is 0. The average molecular weight is 438 g/mol. The number of fused-ring (bicyclic) bond motifs is 1. The van der Waals surface area contributed by atoms with E-state index in [0.717, 1.165) is 6.42 Å². The number of sulfonamides is 1. The Morgan fingerprint density at radius 2 is 1.90 bits per heavy atom. The highest BCUT2D eigenvalue weighted by molar-refractivity contribution is 7.89. The fourth-order valence-electron chi connectivity index (χ4n) is 3.87. The summed E-state index contributed by atoms with van der Waals surface area (Å²) < 4.78 is 34.4. The number of amides is 1. The van der Waals surface area contributed by atoms with Crippen LogP contribution in [0.25, 0.3) is 11.1 Å². The third-order valence-electron chi connectivity index (χ3n) is 5.81. The lowest BCUT2D eigenvalue weighted by Gasteiger charge is -2.31. The van der Waals surface area contributed by atoms with Crippen molar-refractivity contribution in [3.63, 3.8) is 0 Å². The van der Waals surface area contributed by atoms with Gasteiger partial charge in [-0.1, -0.05) is 6.92 Å². The quantitative estimate of drug-likeness (QED) is 0.718. The first-order valence-corrected chi connectivity index (χ1v) is 12.0. The molecular formula is C21H31N3O5S.